The van der Waals surface area contributed by atoms with Gasteiger partial charge in [0, 0.05) is 5.69 Å². The van der Waals surface area contributed by atoms with Crippen molar-refractivity contribution in [3.63, 3.8) is 0 Å². The topological polar surface area (TPSA) is 70.1 Å². The van der Waals surface area contributed by atoms with Gasteiger partial charge in [0.1, 0.15) is 6.04 Å². The number of nitrogens with two attached hydrogens (primary N) is 1. The van der Waals surface area contributed by atoms with E-state index in [1.165, 1.54) is 0 Å². The van der Waals surface area contributed by atoms with Gasteiger partial charge in [-0.15, -0.1) is 0 Å². The molecule has 0 amide bonds. The molecule has 0 aliphatic heterocycles. The molecule has 0 fully saturated rings. The predicted octanol–water partition coefficient (Wildman–Crippen LogP) is 0.951. The number of aryl methyl sites for hydroxylation is 1. The molecular formula is C11H19N3O2. The molecule has 0 aromatic carbocycles. The Labute approximate surface area is 95.6 Å². The summed E-state index contributed by atoms with van der Waals surface area (Å²) in [5, 5.41) is 0. The molecule has 16 heavy (non-hydrogen) atoms. The second kappa shape index (κ2) is 5.12. The minimum atomic E-state index is -0.660. The maximum Gasteiger partial charge on any atom is 0.325 e. The van der Waals surface area contributed by atoms with Crippen LogP contribution >= 0.6 is 0 Å². The van der Waals surface area contributed by atoms with E-state index in [4.69, 9.17) is 10.5 Å². The lowest BCUT2D eigenvalue weighted by atomic mass is 10.1. The number of ether oxygens (including phenoxy) is 1. The average molecular weight is 225 g/mol. The summed E-state index contributed by atoms with van der Waals surface area (Å²) in [5.74, 6) is -0.374. The van der Waals surface area contributed by atoms with Crippen LogP contribution in [-0.4, -0.2) is 28.2 Å². The van der Waals surface area contributed by atoms with E-state index < -0.39 is 6.04 Å². The van der Waals surface area contributed by atoms with Crippen molar-refractivity contribution in [1.82, 2.24) is 9.55 Å². The van der Waals surface area contributed by atoms with E-state index in [2.05, 4.69) is 4.98 Å². The van der Waals surface area contributed by atoms with Crippen LogP contribution in [0, 0.1) is 13.8 Å². The minimum Gasteiger partial charge on any atom is -0.465 e. The van der Waals surface area contributed by atoms with Crippen LogP contribution in [0.3, 0.4) is 0 Å². The first-order valence-corrected chi connectivity index (χ1v) is 5.41. The van der Waals surface area contributed by atoms with E-state index in [1.54, 1.807) is 13.3 Å². The van der Waals surface area contributed by atoms with Crippen LogP contribution in [0.4, 0.5) is 0 Å². The highest BCUT2D eigenvalue weighted by Crippen LogP contribution is 2.15. The molecule has 2 unspecified atom stereocenters. The van der Waals surface area contributed by atoms with Crippen molar-refractivity contribution in [1.29, 1.82) is 0 Å². The fourth-order valence-electron chi connectivity index (χ4n) is 1.53. The van der Waals surface area contributed by atoms with Gasteiger partial charge in [-0.05, 0) is 27.7 Å². The van der Waals surface area contributed by atoms with Gasteiger partial charge in [0.25, 0.3) is 0 Å². The Morgan fingerprint density at radius 3 is 2.69 bits per heavy atom. The van der Waals surface area contributed by atoms with Crippen LogP contribution in [0.2, 0.25) is 0 Å². The number of imidazole rings is 1. The first-order valence-electron chi connectivity index (χ1n) is 5.41. The van der Waals surface area contributed by atoms with Crippen LogP contribution < -0.4 is 5.73 Å². The minimum absolute atomic E-state index is 0.153. The standard InChI is InChI=1S/C11H19N3O2/c1-5-16-11(15)10(12)9(4)14-6-13-7(2)8(14)3/h6,9-10H,5,12H2,1-4H3. The van der Waals surface area contributed by atoms with Crippen LogP contribution in [0.5, 0.6) is 0 Å². The summed E-state index contributed by atoms with van der Waals surface area (Å²) in [6.45, 7) is 7.88. The zero-order chi connectivity index (χ0) is 12.3. The highest BCUT2D eigenvalue weighted by Gasteiger charge is 2.24. The van der Waals surface area contributed by atoms with E-state index in [0.717, 1.165) is 11.4 Å². The van der Waals surface area contributed by atoms with Crippen molar-refractivity contribution in [2.75, 3.05) is 6.61 Å². The first kappa shape index (κ1) is 12.7. The normalized spacial score (nSPS) is 14.6. The molecular weight excluding hydrogens is 206 g/mol. The number of aromatic nitrogens is 2. The van der Waals surface area contributed by atoms with E-state index in [0.29, 0.717) is 6.61 Å². The molecule has 2 atom stereocenters. The maximum atomic E-state index is 11.5. The molecule has 1 aromatic heterocycles. The molecule has 0 bridgehead atoms. The van der Waals surface area contributed by atoms with Gasteiger partial charge < -0.3 is 15.0 Å². The summed E-state index contributed by atoms with van der Waals surface area (Å²) in [6, 6.07) is -0.813. The molecule has 0 radical (unpaired) electrons. The van der Waals surface area contributed by atoms with Crippen LogP contribution in [0.1, 0.15) is 31.3 Å². The Kier molecular flexibility index (Phi) is 4.06. The molecule has 1 rings (SSSR count). The number of hydrogen-bond donors (Lipinski definition) is 1. The van der Waals surface area contributed by atoms with Gasteiger partial charge in [0.2, 0.25) is 0 Å². The molecule has 0 spiro atoms. The lowest BCUT2D eigenvalue weighted by Crippen LogP contribution is -2.39. The van der Waals surface area contributed by atoms with Crippen molar-refractivity contribution in [2.45, 2.75) is 39.8 Å². The molecule has 1 heterocycles. The van der Waals surface area contributed by atoms with Gasteiger partial charge in [-0.3, -0.25) is 4.79 Å². The zero-order valence-corrected chi connectivity index (χ0v) is 10.2. The maximum absolute atomic E-state index is 11.5. The van der Waals surface area contributed by atoms with Gasteiger partial charge in [-0.1, -0.05) is 0 Å². The largest absolute Gasteiger partial charge is 0.465 e. The molecule has 0 aliphatic carbocycles. The quantitative estimate of drug-likeness (QED) is 0.774. The Morgan fingerprint density at radius 1 is 1.62 bits per heavy atom. The number of hydrogen-bond acceptors (Lipinski definition) is 4. The van der Waals surface area contributed by atoms with Crippen molar-refractivity contribution in [3.8, 4) is 0 Å². The molecule has 1 aromatic rings. The number of esters is 1. The lowest BCUT2D eigenvalue weighted by molar-refractivity contribution is -0.145. The summed E-state index contributed by atoms with van der Waals surface area (Å²) in [7, 11) is 0. The second-order valence-corrected chi connectivity index (χ2v) is 3.84. The van der Waals surface area contributed by atoms with E-state index in [1.807, 2.05) is 25.3 Å². The Hall–Kier alpha value is -1.36. The summed E-state index contributed by atoms with van der Waals surface area (Å²) in [6.07, 6.45) is 1.70. The van der Waals surface area contributed by atoms with E-state index in [9.17, 15) is 4.79 Å². The average Bonchev–Trinajstić information content (AvgIpc) is 2.58. The van der Waals surface area contributed by atoms with Crippen molar-refractivity contribution in [3.05, 3.63) is 17.7 Å². The first-order chi connectivity index (χ1) is 7.49. The predicted molar refractivity (Wildman–Crippen MR) is 61.0 cm³/mol. The van der Waals surface area contributed by atoms with Gasteiger partial charge in [-0.2, -0.15) is 0 Å². The van der Waals surface area contributed by atoms with Crippen LogP contribution in [-0.2, 0) is 9.53 Å². The van der Waals surface area contributed by atoms with E-state index >= 15 is 0 Å². The van der Waals surface area contributed by atoms with Gasteiger partial charge in [0.05, 0.1) is 24.7 Å². The fraction of sp³-hybridized carbons (Fsp3) is 0.636. The third kappa shape index (κ3) is 2.41. The molecule has 0 aliphatic rings. The lowest BCUT2D eigenvalue weighted by Gasteiger charge is -2.21. The Morgan fingerprint density at radius 2 is 2.25 bits per heavy atom. The highest BCUT2D eigenvalue weighted by molar-refractivity contribution is 5.76. The van der Waals surface area contributed by atoms with Gasteiger partial charge >= 0.3 is 5.97 Å². The van der Waals surface area contributed by atoms with Crippen LogP contribution in [0.25, 0.3) is 0 Å². The van der Waals surface area contributed by atoms with E-state index in [-0.39, 0.29) is 12.0 Å². The van der Waals surface area contributed by atoms with Crippen molar-refractivity contribution in [2.24, 2.45) is 5.73 Å². The second-order valence-electron chi connectivity index (χ2n) is 3.84. The van der Waals surface area contributed by atoms with Crippen molar-refractivity contribution < 1.29 is 9.53 Å². The third-order valence-electron chi connectivity index (χ3n) is 2.80. The third-order valence-corrected chi connectivity index (χ3v) is 2.80. The summed E-state index contributed by atoms with van der Waals surface area (Å²) in [5.41, 5.74) is 7.80. The van der Waals surface area contributed by atoms with Crippen LogP contribution in [0.15, 0.2) is 6.33 Å². The number of nitrogens with zero attached hydrogens (tertiary/aromatic N) is 2. The summed E-state index contributed by atoms with van der Waals surface area (Å²) >= 11 is 0. The monoisotopic (exact) mass is 225 g/mol. The summed E-state index contributed by atoms with van der Waals surface area (Å²) in [4.78, 5) is 15.7. The molecule has 2 N–H and O–H groups in total. The highest BCUT2D eigenvalue weighted by atomic mass is 16.5. The number of carbonyl (C=O) groups is 1. The molecule has 0 saturated carbocycles. The number of carbonyl (C=O) groups excluding carboxylic acids is 1. The van der Waals surface area contributed by atoms with Gasteiger partial charge in [-0.25, -0.2) is 4.98 Å². The number of rotatable bonds is 4. The summed E-state index contributed by atoms with van der Waals surface area (Å²) < 4.78 is 6.80. The smallest absolute Gasteiger partial charge is 0.325 e. The Bertz CT molecular complexity index is 373. The van der Waals surface area contributed by atoms with Crippen molar-refractivity contribution >= 4 is 5.97 Å². The Balaban J connectivity index is 2.81. The molecule has 90 valence electrons. The van der Waals surface area contributed by atoms with Gasteiger partial charge in [0.15, 0.2) is 0 Å². The SMILES string of the molecule is CCOC(=O)C(N)C(C)n1cnc(C)c1C. The zero-order valence-electron chi connectivity index (χ0n) is 10.2. The fourth-order valence-corrected chi connectivity index (χ4v) is 1.53. The molecule has 0 saturated heterocycles. The molecule has 5 nitrogen and oxygen atoms in total. The molecule has 5 heteroatoms.